The summed E-state index contributed by atoms with van der Waals surface area (Å²) in [5.74, 6) is -0.0611. The Morgan fingerprint density at radius 3 is 2.27 bits per heavy atom. The number of anilines is 1. The van der Waals surface area contributed by atoms with Gasteiger partial charge in [0.15, 0.2) is 0 Å². The molecule has 3 fully saturated rings. The van der Waals surface area contributed by atoms with Crippen molar-refractivity contribution in [1.82, 2.24) is 9.80 Å². The number of hydrogen-bond acceptors (Lipinski definition) is 4. The van der Waals surface area contributed by atoms with Crippen LogP contribution in [0.1, 0.15) is 51.4 Å². The zero-order chi connectivity index (χ0) is 23.2. The van der Waals surface area contributed by atoms with Gasteiger partial charge in [-0.25, -0.2) is 4.39 Å². The highest BCUT2D eigenvalue weighted by atomic mass is 19.1. The lowest BCUT2D eigenvalue weighted by Gasteiger charge is -2.41. The number of piperidine rings is 1. The number of piperazine rings is 1. The fourth-order valence-corrected chi connectivity index (χ4v) is 5.94. The number of nitrogens with zero attached hydrogens (tertiary/aromatic N) is 3. The van der Waals surface area contributed by atoms with Gasteiger partial charge in [0.05, 0.1) is 0 Å². The topological polar surface area (TPSA) is 64.1 Å². The molecule has 2 heterocycles. The largest absolute Gasteiger partial charge is 0.481 e. The van der Waals surface area contributed by atoms with E-state index in [1.807, 2.05) is 17.0 Å². The van der Waals surface area contributed by atoms with Crippen LogP contribution < -0.4 is 4.90 Å². The second-order valence-electron chi connectivity index (χ2n) is 10.1. The van der Waals surface area contributed by atoms with E-state index in [1.165, 1.54) is 18.6 Å². The summed E-state index contributed by atoms with van der Waals surface area (Å²) in [6.45, 7) is 6.05. The first-order valence-corrected chi connectivity index (χ1v) is 12.7. The third-order valence-electron chi connectivity index (χ3n) is 7.97. The number of likely N-dealkylation sites (tertiary alicyclic amines) is 1. The van der Waals surface area contributed by atoms with E-state index in [0.717, 1.165) is 76.9 Å². The minimum atomic E-state index is -0.732. The summed E-state index contributed by atoms with van der Waals surface area (Å²) in [7, 11) is 0. The fourth-order valence-electron chi connectivity index (χ4n) is 5.94. The molecule has 1 N–H and O–H groups in total. The first kappa shape index (κ1) is 24.0. The second kappa shape index (κ2) is 11.3. The van der Waals surface area contributed by atoms with Crippen molar-refractivity contribution in [2.45, 2.75) is 51.4 Å². The Morgan fingerprint density at radius 1 is 0.909 bits per heavy atom. The van der Waals surface area contributed by atoms with Gasteiger partial charge >= 0.3 is 5.97 Å². The molecule has 3 aliphatic rings. The Kier molecular flexibility index (Phi) is 8.23. The van der Waals surface area contributed by atoms with Crippen LogP contribution in [0.25, 0.3) is 0 Å². The highest BCUT2D eigenvalue weighted by molar-refractivity contribution is 5.79. The first-order chi connectivity index (χ1) is 16.0. The minimum absolute atomic E-state index is 0.151. The Bertz CT molecular complexity index is 788. The summed E-state index contributed by atoms with van der Waals surface area (Å²) < 4.78 is 13.2. The van der Waals surface area contributed by atoms with Crippen molar-refractivity contribution < 1.29 is 19.1 Å². The van der Waals surface area contributed by atoms with Crippen LogP contribution in [-0.2, 0) is 9.59 Å². The lowest BCUT2D eigenvalue weighted by atomic mass is 9.80. The summed E-state index contributed by atoms with van der Waals surface area (Å²) in [5, 5.41) is 9.41. The lowest BCUT2D eigenvalue weighted by Crippen LogP contribution is -2.49. The average Bonchev–Trinajstić information content (AvgIpc) is 2.84. The van der Waals surface area contributed by atoms with Crippen LogP contribution in [0.15, 0.2) is 24.3 Å². The molecule has 0 bridgehead atoms. The molecule has 33 heavy (non-hydrogen) atoms. The Hall–Kier alpha value is -2.15. The molecule has 2 saturated heterocycles. The predicted octanol–water partition coefficient (Wildman–Crippen LogP) is 3.86. The standard InChI is InChI=1S/C26H38FN3O3/c27-23-6-8-24(9-7-23)29-16-14-28(15-17-29)12-10-22-19-30(13-11-21(22)18-25(31)32)26(33)20-4-2-1-3-5-20/h6-9,20-22H,1-5,10-19H2,(H,31,32)/t21-,22+/m0/s1. The van der Waals surface area contributed by atoms with Crippen LogP contribution in [0.5, 0.6) is 0 Å². The molecule has 6 nitrogen and oxygen atoms in total. The molecule has 2 atom stereocenters. The van der Waals surface area contributed by atoms with E-state index in [2.05, 4.69) is 9.80 Å². The molecule has 0 aromatic heterocycles. The average molecular weight is 460 g/mol. The maximum atomic E-state index is 13.2. The monoisotopic (exact) mass is 459 g/mol. The van der Waals surface area contributed by atoms with Gasteiger partial charge in [0.2, 0.25) is 5.91 Å². The molecule has 0 radical (unpaired) electrons. The van der Waals surface area contributed by atoms with Crippen molar-refractivity contribution in [1.29, 1.82) is 0 Å². The number of carboxylic acids is 1. The number of carbonyl (C=O) groups is 2. The smallest absolute Gasteiger partial charge is 0.303 e. The van der Waals surface area contributed by atoms with Crippen LogP contribution in [0.3, 0.4) is 0 Å². The Morgan fingerprint density at radius 2 is 1.61 bits per heavy atom. The van der Waals surface area contributed by atoms with Gasteiger partial charge in [0.25, 0.3) is 0 Å². The van der Waals surface area contributed by atoms with Crippen molar-refractivity contribution in [2.75, 3.05) is 50.7 Å². The molecule has 7 heteroatoms. The maximum absolute atomic E-state index is 13.2. The highest BCUT2D eigenvalue weighted by Crippen LogP contribution is 2.33. The predicted molar refractivity (Wildman–Crippen MR) is 127 cm³/mol. The maximum Gasteiger partial charge on any atom is 0.303 e. The third-order valence-corrected chi connectivity index (χ3v) is 7.97. The summed E-state index contributed by atoms with van der Waals surface area (Å²) in [6.07, 6.45) is 7.50. The van der Waals surface area contributed by atoms with Crippen molar-refractivity contribution in [3.8, 4) is 0 Å². The van der Waals surface area contributed by atoms with Crippen molar-refractivity contribution in [2.24, 2.45) is 17.8 Å². The van der Waals surface area contributed by atoms with Crippen molar-refractivity contribution in [3.63, 3.8) is 0 Å². The summed E-state index contributed by atoms with van der Waals surface area (Å²) in [5.41, 5.74) is 1.06. The van der Waals surface area contributed by atoms with Crippen molar-refractivity contribution in [3.05, 3.63) is 30.1 Å². The van der Waals surface area contributed by atoms with Gasteiger partial charge in [-0.05, 0) is 68.3 Å². The van der Waals surface area contributed by atoms with Crippen LogP contribution in [0, 0.1) is 23.6 Å². The molecule has 1 aromatic rings. The van der Waals surface area contributed by atoms with E-state index >= 15 is 0 Å². The summed E-state index contributed by atoms with van der Waals surface area (Å²) in [4.78, 5) is 31.3. The van der Waals surface area contributed by atoms with Crippen LogP contribution in [0.4, 0.5) is 10.1 Å². The molecule has 1 aliphatic carbocycles. The first-order valence-electron chi connectivity index (χ1n) is 12.7. The molecule has 4 rings (SSSR count). The number of benzene rings is 1. The van der Waals surface area contributed by atoms with Gasteiger partial charge in [-0.1, -0.05) is 19.3 Å². The quantitative estimate of drug-likeness (QED) is 0.671. The highest BCUT2D eigenvalue weighted by Gasteiger charge is 2.35. The number of rotatable bonds is 7. The van der Waals surface area contributed by atoms with Gasteiger partial charge in [0, 0.05) is 57.3 Å². The SMILES string of the molecule is O=C(O)C[C@@H]1CCN(C(=O)C2CCCCC2)C[C@H]1CCN1CCN(c2ccc(F)cc2)CC1. The number of amides is 1. The van der Waals surface area contributed by atoms with Crippen LogP contribution in [-0.4, -0.2) is 72.6 Å². The molecular weight excluding hydrogens is 421 g/mol. The van der Waals surface area contributed by atoms with Gasteiger partial charge in [-0.15, -0.1) is 0 Å². The molecule has 0 unspecified atom stereocenters. The Balaban J connectivity index is 1.29. The molecule has 182 valence electrons. The van der Waals surface area contributed by atoms with Crippen LogP contribution >= 0.6 is 0 Å². The number of halogens is 1. The minimum Gasteiger partial charge on any atom is -0.481 e. The molecule has 1 amide bonds. The fraction of sp³-hybridized carbons (Fsp3) is 0.692. The van der Waals surface area contributed by atoms with E-state index < -0.39 is 5.97 Å². The van der Waals surface area contributed by atoms with E-state index in [0.29, 0.717) is 19.0 Å². The second-order valence-corrected chi connectivity index (χ2v) is 10.1. The summed E-state index contributed by atoms with van der Waals surface area (Å²) in [6, 6.07) is 6.68. The number of hydrogen-bond donors (Lipinski definition) is 1. The Labute approximate surface area is 196 Å². The van der Waals surface area contributed by atoms with Crippen LogP contribution in [0.2, 0.25) is 0 Å². The molecular formula is C26H38FN3O3. The molecule has 2 aliphatic heterocycles. The number of carboxylic acid groups (broad SMARTS) is 1. The number of carbonyl (C=O) groups excluding carboxylic acids is 1. The van der Waals surface area contributed by atoms with Gasteiger partial charge in [-0.3, -0.25) is 14.5 Å². The van der Waals surface area contributed by atoms with Crippen molar-refractivity contribution >= 4 is 17.6 Å². The van der Waals surface area contributed by atoms with E-state index in [1.54, 1.807) is 0 Å². The zero-order valence-electron chi connectivity index (χ0n) is 19.6. The lowest BCUT2D eigenvalue weighted by molar-refractivity contribution is -0.141. The third kappa shape index (κ3) is 6.46. The van der Waals surface area contributed by atoms with E-state index in [4.69, 9.17) is 0 Å². The van der Waals surface area contributed by atoms with Gasteiger partial charge < -0.3 is 14.9 Å². The van der Waals surface area contributed by atoms with Gasteiger partial charge in [-0.2, -0.15) is 0 Å². The molecule has 0 spiro atoms. The zero-order valence-corrected chi connectivity index (χ0v) is 19.6. The van der Waals surface area contributed by atoms with Gasteiger partial charge in [0.1, 0.15) is 5.82 Å². The molecule has 1 aromatic carbocycles. The summed E-state index contributed by atoms with van der Waals surface area (Å²) >= 11 is 0. The molecule has 1 saturated carbocycles. The van der Waals surface area contributed by atoms with E-state index in [9.17, 15) is 19.1 Å². The van der Waals surface area contributed by atoms with E-state index in [-0.39, 0.29) is 30.0 Å². The number of aliphatic carboxylic acids is 1. The normalized spacial score (nSPS) is 25.2.